The zero-order valence-electron chi connectivity index (χ0n) is 15.9. The molecule has 1 atom stereocenters. The average Bonchev–Trinajstić information content (AvgIpc) is 2.68. The van der Waals surface area contributed by atoms with Gasteiger partial charge < -0.3 is 14.4 Å². The third-order valence-electron chi connectivity index (χ3n) is 4.39. The quantitative estimate of drug-likeness (QED) is 0.799. The summed E-state index contributed by atoms with van der Waals surface area (Å²) >= 11 is 0. The second kappa shape index (κ2) is 8.62. The first kappa shape index (κ1) is 20.2. The van der Waals surface area contributed by atoms with Crippen LogP contribution in [0.2, 0.25) is 0 Å². The number of sulfonamides is 1. The summed E-state index contributed by atoms with van der Waals surface area (Å²) in [6.45, 7) is 5.73. The second-order valence-electron chi connectivity index (χ2n) is 6.64. The van der Waals surface area contributed by atoms with E-state index in [4.69, 9.17) is 9.47 Å². The molecule has 1 aliphatic rings. The molecular formula is C20H24N2O5S. The summed E-state index contributed by atoms with van der Waals surface area (Å²) in [5.41, 5.74) is 1.47. The van der Waals surface area contributed by atoms with E-state index in [0.717, 1.165) is 5.56 Å². The van der Waals surface area contributed by atoms with E-state index >= 15 is 0 Å². The van der Waals surface area contributed by atoms with Crippen molar-refractivity contribution < 1.29 is 22.7 Å². The van der Waals surface area contributed by atoms with Gasteiger partial charge in [0.25, 0.3) is 15.9 Å². The van der Waals surface area contributed by atoms with Gasteiger partial charge in [0.15, 0.2) is 6.10 Å². The molecule has 1 saturated heterocycles. The molecule has 0 bridgehead atoms. The van der Waals surface area contributed by atoms with Gasteiger partial charge >= 0.3 is 0 Å². The number of carbonyl (C=O) groups excluding carboxylic acids is 1. The van der Waals surface area contributed by atoms with E-state index in [9.17, 15) is 13.2 Å². The van der Waals surface area contributed by atoms with Crippen molar-refractivity contribution in [3.8, 4) is 5.75 Å². The Morgan fingerprint density at radius 1 is 1.14 bits per heavy atom. The Bertz CT molecular complexity index is 922. The second-order valence-corrected chi connectivity index (χ2v) is 8.33. The Balaban J connectivity index is 1.64. The maximum atomic E-state index is 12.5. The van der Waals surface area contributed by atoms with Gasteiger partial charge in [-0.25, -0.2) is 8.42 Å². The number of hydrogen-bond donors (Lipinski definition) is 1. The fraction of sp³-hybridized carbons (Fsp3) is 0.350. The number of hydrogen-bond acceptors (Lipinski definition) is 5. The number of amides is 1. The predicted molar refractivity (Wildman–Crippen MR) is 106 cm³/mol. The minimum atomic E-state index is -3.70. The number of nitrogens with zero attached hydrogens (tertiary/aromatic N) is 1. The van der Waals surface area contributed by atoms with Gasteiger partial charge in [0, 0.05) is 18.8 Å². The van der Waals surface area contributed by atoms with E-state index in [2.05, 4.69) is 4.72 Å². The number of anilines is 1. The van der Waals surface area contributed by atoms with Gasteiger partial charge in [0.1, 0.15) is 5.75 Å². The Morgan fingerprint density at radius 3 is 2.46 bits per heavy atom. The van der Waals surface area contributed by atoms with Gasteiger partial charge in [-0.2, -0.15) is 0 Å². The van der Waals surface area contributed by atoms with Crippen LogP contribution in [0.1, 0.15) is 12.5 Å². The topological polar surface area (TPSA) is 84.9 Å². The molecule has 8 heteroatoms. The number of nitrogens with one attached hydrogen (secondary N) is 1. The van der Waals surface area contributed by atoms with Crippen LogP contribution in [0.5, 0.6) is 5.75 Å². The Labute approximate surface area is 165 Å². The van der Waals surface area contributed by atoms with Crippen LogP contribution in [0.25, 0.3) is 0 Å². The maximum absolute atomic E-state index is 12.5. The third kappa shape index (κ3) is 5.02. The molecule has 1 aliphatic heterocycles. The first-order chi connectivity index (χ1) is 13.3. The summed E-state index contributed by atoms with van der Waals surface area (Å²) in [6.07, 6.45) is -0.661. The number of rotatable bonds is 6. The van der Waals surface area contributed by atoms with E-state index in [0.29, 0.717) is 37.7 Å². The van der Waals surface area contributed by atoms with Crippen LogP contribution in [0, 0.1) is 6.92 Å². The summed E-state index contributed by atoms with van der Waals surface area (Å²) in [6, 6.07) is 13.1. The Hall–Kier alpha value is -2.58. The minimum absolute atomic E-state index is 0.110. The molecule has 0 aromatic heterocycles. The van der Waals surface area contributed by atoms with Crippen molar-refractivity contribution in [2.75, 3.05) is 31.0 Å². The molecule has 28 heavy (non-hydrogen) atoms. The SMILES string of the molecule is Cc1cccc(NS(=O)(=O)c2ccc(O[C@@H](C)C(=O)N3CCOCC3)cc2)c1. The van der Waals surface area contributed by atoms with E-state index < -0.39 is 16.1 Å². The van der Waals surface area contributed by atoms with Crippen molar-refractivity contribution in [3.63, 3.8) is 0 Å². The summed E-state index contributed by atoms with van der Waals surface area (Å²) < 4.78 is 38.6. The van der Waals surface area contributed by atoms with Crippen molar-refractivity contribution in [1.82, 2.24) is 4.90 Å². The summed E-state index contributed by atoms with van der Waals surface area (Å²) in [5, 5.41) is 0. The molecule has 150 valence electrons. The molecule has 0 saturated carbocycles. The van der Waals surface area contributed by atoms with Crippen LogP contribution in [-0.2, 0) is 19.6 Å². The first-order valence-corrected chi connectivity index (χ1v) is 10.6. The lowest BCUT2D eigenvalue weighted by atomic mass is 10.2. The molecule has 0 radical (unpaired) electrons. The van der Waals surface area contributed by atoms with Crippen molar-refractivity contribution >= 4 is 21.6 Å². The van der Waals surface area contributed by atoms with Crippen molar-refractivity contribution in [2.24, 2.45) is 0 Å². The lowest BCUT2D eigenvalue weighted by molar-refractivity contribution is -0.142. The van der Waals surface area contributed by atoms with Gasteiger partial charge in [-0.15, -0.1) is 0 Å². The highest BCUT2D eigenvalue weighted by atomic mass is 32.2. The number of benzene rings is 2. The summed E-state index contributed by atoms with van der Waals surface area (Å²) in [5.74, 6) is 0.324. The third-order valence-corrected chi connectivity index (χ3v) is 5.78. The van der Waals surface area contributed by atoms with Crippen LogP contribution in [-0.4, -0.2) is 51.6 Å². The highest BCUT2D eigenvalue weighted by Crippen LogP contribution is 2.21. The average molecular weight is 404 g/mol. The van der Waals surface area contributed by atoms with Crippen LogP contribution < -0.4 is 9.46 Å². The Kier molecular flexibility index (Phi) is 6.21. The standard InChI is InChI=1S/C20H24N2O5S/c1-15-4-3-5-17(14-15)21-28(24,25)19-8-6-18(7-9-19)27-16(2)20(23)22-10-12-26-13-11-22/h3-9,14,16,21H,10-13H2,1-2H3/t16-/m0/s1. The molecule has 0 unspecified atom stereocenters. The molecule has 2 aromatic carbocycles. The van der Waals surface area contributed by atoms with Crippen LogP contribution in [0.3, 0.4) is 0 Å². The molecule has 1 amide bonds. The number of morpholine rings is 1. The van der Waals surface area contributed by atoms with Gasteiger partial charge in [0.05, 0.1) is 18.1 Å². The lowest BCUT2D eigenvalue weighted by Gasteiger charge is -2.29. The zero-order chi connectivity index (χ0) is 20.1. The molecule has 1 heterocycles. The van der Waals surface area contributed by atoms with Crippen molar-refractivity contribution in [3.05, 3.63) is 54.1 Å². The van der Waals surface area contributed by atoms with Gasteiger partial charge in [-0.1, -0.05) is 12.1 Å². The summed E-state index contributed by atoms with van der Waals surface area (Å²) in [7, 11) is -3.70. The van der Waals surface area contributed by atoms with E-state index in [1.165, 1.54) is 12.1 Å². The van der Waals surface area contributed by atoms with Gasteiger partial charge in [0.2, 0.25) is 0 Å². The van der Waals surface area contributed by atoms with E-state index in [1.54, 1.807) is 42.2 Å². The molecule has 3 rings (SSSR count). The summed E-state index contributed by atoms with van der Waals surface area (Å²) in [4.78, 5) is 14.2. The highest BCUT2D eigenvalue weighted by molar-refractivity contribution is 7.92. The fourth-order valence-corrected chi connectivity index (χ4v) is 3.96. The highest BCUT2D eigenvalue weighted by Gasteiger charge is 2.24. The number of carbonyl (C=O) groups is 1. The van der Waals surface area contributed by atoms with E-state index in [1.807, 2.05) is 13.0 Å². The van der Waals surface area contributed by atoms with Crippen molar-refractivity contribution in [1.29, 1.82) is 0 Å². The molecule has 0 aliphatic carbocycles. The van der Waals surface area contributed by atoms with Gasteiger partial charge in [-0.05, 0) is 55.8 Å². The molecule has 2 aromatic rings. The lowest BCUT2D eigenvalue weighted by Crippen LogP contribution is -2.46. The maximum Gasteiger partial charge on any atom is 0.263 e. The minimum Gasteiger partial charge on any atom is -0.481 e. The smallest absolute Gasteiger partial charge is 0.263 e. The van der Waals surface area contributed by atoms with Crippen LogP contribution >= 0.6 is 0 Å². The monoisotopic (exact) mass is 404 g/mol. The normalized spacial score (nSPS) is 15.7. The fourth-order valence-electron chi connectivity index (χ4n) is 2.92. The molecule has 1 fully saturated rings. The molecule has 1 N–H and O–H groups in total. The number of ether oxygens (including phenoxy) is 2. The largest absolute Gasteiger partial charge is 0.481 e. The van der Waals surface area contributed by atoms with Crippen molar-refractivity contribution in [2.45, 2.75) is 24.8 Å². The Morgan fingerprint density at radius 2 is 1.82 bits per heavy atom. The van der Waals surface area contributed by atoms with Crippen LogP contribution in [0.15, 0.2) is 53.4 Å². The van der Waals surface area contributed by atoms with Gasteiger partial charge in [-0.3, -0.25) is 9.52 Å². The number of aryl methyl sites for hydroxylation is 1. The molecule has 0 spiro atoms. The van der Waals surface area contributed by atoms with Crippen LogP contribution in [0.4, 0.5) is 5.69 Å². The first-order valence-electron chi connectivity index (χ1n) is 9.08. The molecular weight excluding hydrogens is 380 g/mol. The predicted octanol–water partition coefficient (Wildman–Crippen LogP) is 2.42. The van der Waals surface area contributed by atoms with E-state index in [-0.39, 0.29) is 10.8 Å². The zero-order valence-corrected chi connectivity index (χ0v) is 16.7. The molecule has 7 nitrogen and oxygen atoms in total.